The highest BCUT2D eigenvalue weighted by Crippen LogP contribution is 2.32. The third kappa shape index (κ3) is 4.00. The van der Waals surface area contributed by atoms with E-state index in [1.165, 1.54) is 16.8 Å². The van der Waals surface area contributed by atoms with E-state index < -0.39 is 0 Å². The van der Waals surface area contributed by atoms with Crippen molar-refractivity contribution in [1.29, 1.82) is 0 Å². The first-order chi connectivity index (χ1) is 14.5. The fraction of sp³-hybridized carbons (Fsp3) is 0.217. The molecule has 2 aromatic carbocycles. The van der Waals surface area contributed by atoms with Crippen molar-refractivity contribution in [3.8, 4) is 0 Å². The number of aromatic nitrogens is 2. The van der Waals surface area contributed by atoms with Gasteiger partial charge in [0.2, 0.25) is 5.91 Å². The zero-order chi connectivity index (χ0) is 21.1. The summed E-state index contributed by atoms with van der Waals surface area (Å²) in [6, 6.07) is 19.7. The molecule has 3 aromatic rings. The van der Waals surface area contributed by atoms with Crippen LogP contribution < -0.4 is 15.8 Å². The van der Waals surface area contributed by atoms with Crippen LogP contribution >= 0.6 is 0 Å². The van der Waals surface area contributed by atoms with Gasteiger partial charge in [0.1, 0.15) is 5.69 Å². The molecule has 7 heteroatoms. The first-order valence-electron chi connectivity index (χ1n) is 9.87. The Morgan fingerprint density at radius 1 is 1.03 bits per heavy atom. The highest BCUT2D eigenvalue weighted by Gasteiger charge is 2.32. The van der Waals surface area contributed by atoms with Crippen LogP contribution in [0.3, 0.4) is 0 Å². The van der Waals surface area contributed by atoms with Crippen molar-refractivity contribution in [2.45, 2.75) is 32.4 Å². The van der Waals surface area contributed by atoms with E-state index in [0.29, 0.717) is 5.69 Å². The number of carbonyl (C=O) groups excluding carboxylic acids is 2. The van der Waals surface area contributed by atoms with Crippen LogP contribution in [-0.2, 0) is 17.8 Å². The molecule has 0 saturated carbocycles. The van der Waals surface area contributed by atoms with Gasteiger partial charge in [-0.25, -0.2) is 4.68 Å². The molecule has 0 spiro atoms. The van der Waals surface area contributed by atoms with Crippen LogP contribution in [0, 0.1) is 0 Å². The number of rotatable bonds is 5. The molecule has 152 valence electrons. The number of benzene rings is 2. The van der Waals surface area contributed by atoms with E-state index in [-0.39, 0.29) is 42.1 Å². The van der Waals surface area contributed by atoms with Crippen LogP contribution in [0.5, 0.6) is 0 Å². The van der Waals surface area contributed by atoms with Gasteiger partial charge in [0.25, 0.3) is 11.5 Å². The van der Waals surface area contributed by atoms with Crippen LogP contribution in [-0.4, -0.2) is 27.6 Å². The molecule has 1 aliphatic heterocycles. The molecule has 0 saturated heterocycles. The smallest absolute Gasteiger partial charge is 0.278 e. The van der Waals surface area contributed by atoms with Gasteiger partial charge in [0.05, 0.1) is 6.54 Å². The van der Waals surface area contributed by atoms with Gasteiger partial charge in [-0.3, -0.25) is 14.4 Å². The molecule has 1 atom stereocenters. The van der Waals surface area contributed by atoms with Crippen molar-refractivity contribution >= 4 is 23.2 Å². The largest absolute Gasteiger partial charge is 0.326 e. The second kappa shape index (κ2) is 8.32. The molecule has 1 aliphatic rings. The SMILES string of the molecule is CC1Cc2ccccc2N1C(=O)c1ccc(=O)n(CCC(=O)Nc2ccccc2)n1. The summed E-state index contributed by atoms with van der Waals surface area (Å²) >= 11 is 0. The Labute approximate surface area is 174 Å². The summed E-state index contributed by atoms with van der Waals surface area (Å²) in [5, 5.41) is 7.01. The van der Waals surface area contributed by atoms with Gasteiger partial charge in [-0.05, 0) is 43.2 Å². The number of aryl methyl sites for hydroxylation is 1. The third-order valence-corrected chi connectivity index (χ3v) is 5.12. The van der Waals surface area contributed by atoms with Gasteiger partial charge in [-0.1, -0.05) is 36.4 Å². The fourth-order valence-corrected chi connectivity index (χ4v) is 3.67. The summed E-state index contributed by atoms with van der Waals surface area (Å²) < 4.78 is 1.17. The Morgan fingerprint density at radius 3 is 2.57 bits per heavy atom. The van der Waals surface area contributed by atoms with Gasteiger partial charge < -0.3 is 10.2 Å². The zero-order valence-electron chi connectivity index (χ0n) is 16.6. The minimum absolute atomic E-state index is 0.00808. The number of anilines is 2. The number of hydrogen-bond donors (Lipinski definition) is 1. The monoisotopic (exact) mass is 402 g/mol. The number of hydrogen-bond acceptors (Lipinski definition) is 4. The molecular formula is C23H22N4O3. The van der Waals surface area contributed by atoms with E-state index in [1.807, 2.05) is 49.4 Å². The molecule has 2 heterocycles. The number of fused-ring (bicyclic) bond motifs is 1. The van der Waals surface area contributed by atoms with Crippen molar-refractivity contribution in [2.24, 2.45) is 0 Å². The van der Waals surface area contributed by atoms with E-state index in [4.69, 9.17) is 0 Å². The molecule has 7 nitrogen and oxygen atoms in total. The maximum Gasteiger partial charge on any atom is 0.278 e. The molecule has 0 fully saturated rings. The molecule has 0 bridgehead atoms. The molecule has 2 amide bonds. The number of amides is 2. The maximum absolute atomic E-state index is 13.1. The van der Waals surface area contributed by atoms with E-state index in [1.54, 1.807) is 17.0 Å². The second-order valence-electron chi connectivity index (χ2n) is 7.30. The quantitative estimate of drug-likeness (QED) is 0.711. The summed E-state index contributed by atoms with van der Waals surface area (Å²) in [7, 11) is 0. The molecule has 4 rings (SSSR count). The van der Waals surface area contributed by atoms with Gasteiger partial charge in [-0.2, -0.15) is 5.10 Å². The minimum Gasteiger partial charge on any atom is -0.326 e. The lowest BCUT2D eigenvalue weighted by Crippen LogP contribution is -2.37. The molecule has 1 N–H and O–H groups in total. The molecule has 0 radical (unpaired) electrons. The average molecular weight is 402 g/mol. The Balaban J connectivity index is 1.49. The predicted octanol–water partition coefficient (Wildman–Crippen LogP) is 2.86. The minimum atomic E-state index is -0.353. The van der Waals surface area contributed by atoms with Crippen LogP contribution in [0.1, 0.15) is 29.4 Å². The molecule has 1 unspecified atom stereocenters. The van der Waals surface area contributed by atoms with Crippen molar-refractivity contribution in [3.63, 3.8) is 0 Å². The topological polar surface area (TPSA) is 84.3 Å². The van der Waals surface area contributed by atoms with Gasteiger partial charge in [0, 0.05) is 29.9 Å². The van der Waals surface area contributed by atoms with Crippen LogP contribution in [0.25, 0.3) is 0 Å². The number of para-hydroxylation sites is 2. The molecule has 1 aromatic heterocycles. The number of nitrogens with zero attached hydrogens (tertiary/aromatic N) is 3. The maximum atomic E-state index is 13.1. The fourth-order valence-electron chi connectivity index (χ4n) is 3.67. The first kappa shape index (κ1) is 19.6. The molecular weight excluding hydrogens is 380 g/mol. The summed E-state index contributed by atoms with van der Waals surface area (Å²) in [6.07, 6.45) is 0.851. The van der Waals surface area contributed by atoms with E-state index in [9.17, 15) is 14.4 Å². The normalized spacial score (nSPS) is 15.0. The van der Waals surface area contributed by atoms with Gasteiger partial charge in [0.15, 0.2) is 0 Å². The summed E-state index contributed by atoms with van der Waals surface area (Å²) in [4.78, 5) is 39.2. The Morgan fingerprint density at radius 2 is 1.77 bits per heavy atom. The lowest BCUT2D eigenvalue weighted by Gasteiger charge is -2.22. The zero-order valence-corrected chi connectivity index (χ0v) is 16.6. The van der Waals surface area contributed by atoms with Gasteiger partial charge in [-0.15, -0.1) is 0 Å². The van der Waals surface area contributed by atoms with E-state index >= 15 is 0 Å². The second-order valence-corrected chi connectivity index (χ2v) is 7.30. The van der Waals surface area contributed by atoms with Crippen LogP contribution in [0.2, 0.25) is 0 Å². The third-order valence-electron chi connectivity index (χ3n) is 5.12. The lowest BCUT2D eigenvalue weighted by molar-refractivity contribution is -0.116. The van der Waals surface area contributed by atoms with E-state index in [0.717, 1.165) is 17.7 Å². The standard InChI is InChI=1S/C23H22N4O3/c1-16-15-17-7-5-6-10-20(17)27(16)23(30)19-11-12-22(29)26(25-19)14-13-21(28)24-18-8-3-2-4-9-18/h2-12,16H,13-15H2,1H3,(H,24,28). The summed E-state index contributed by atoms with van der Waals surface area (Å²) in [5.41, 5.74) is 2.50. The highest BCUT2D eigenvalue weighted by atomic mass is 16.2. The van der Waals surface area contributed by atoms with Crippen LogP contribution in [0.15, 0.2) is 71.5 Å². The average Bonchev–Trinajstić information content (AvgIpc) is 3.09. The van der Waals surface area contributed by atoms with Crippen LogP contribution in [0.4, 0.5) is 11.4 Å². The number of carbonyl (C=O) groups is 2. The van der Waals surface area contributed by atoms with Crippen molar-refractivity contribution in [2.75, 3.05) is 10.2 Å². The number of nitrogens with one attached hydrogen (secondary N) is 1. The first-order valence-corrected chi connectivity index (χ1v) is 9.87. The van der Waals surface area contributed by atoms with Crippen molar-refractivity contribution in [3.05, 3.63) is 88.3 Å². The van der Waals surface area contributed by atoms with Crippen molar-refractivity contribution in [1.82, 2.24) is 9.78 Å². The highest BCUT2D eigenvalue weighted by molar-refractivity contribution is 6.06. The van der Waals surface area contributed by atoms with Gasteiger partial charge >= 0.3 is 0 Å². The van der Waals surface area contributed by atoms with Crippen molar-refractivity contribution < 1.29 is 9.59 Å². The Hall–Kier alpha value is -3.74. The van der Waals surface area contributed by atoms with E-state index in [2.05, 4.69) is 10.4 Å². The summed E-state index contributed by atoms with van der Waals surface area (Å²) in [5.74, 6) is -0.483. The predicted molar refractivity (Wildman–Crippen MR) is 115 cm³/mol. The molecule has 30 heavy (non-hydrogen) atoms. The Kier molecular flexibility index (Phi) is 5.43. The lowest BCUT2D eigenvalue weighted by atomic mass is 10.1. The Bertz CT molecular complexity index is 1140. The summed E-state index contributed by atoms with van der Waals surface area (Å²) in [6.45, 7) is 2.08. The molecule has 0 aliphatic carbocycles.